The van der Waals surface area contributed by atoms with E-state index in [1.54, 1.807) is 6.92 Å². The highest BCUT2D eigenvalue weighted by atomic mass is 16.7. The van der Waals surface area contributed by atoms with E-state index in [1.165, 1.54) is 7.11 Å². The van der Waals surface area contributed by atoms with Crippen molar-refractivity contribution in [2.45, 2.75) is 25.2 Å². The summed E-state index contributed by atoms with van der Waals surface area (Å²) in [5.41, 5.74) is 0. The summed E-state index contributed by atoms with van der Waals surface area (Å²) in [4.78, 5) is 0. The van der Waals surface area contributed by atoms with Crippen molar-refractivity contribution in [2.24, 2.45) is 5.92 Å². The van der Waals surface area contributed by atoms with Gasteiger partial charge in [-0.15, -0.1) is 0 Å². The molecule has 77 valence electrons. The van der Waals surface area contributed by atoms with E-state index in [2.05, 4.69) is 0 Å². The van der Waals surface area contributed by atoms with E-state index in [4.69, 9.17) is 14.6 Å². The Morgan fingerprint density at radius 3 is 2.54 bits per heavy atom. The van der Waals surface area contributed by atoms with Crippen LogP contribution in [-0.2, 0) is 9.47 Å². The second-order valence-corrected chi connectivity index (χ2v) is 3.16. The zero-order valence-corrected chi connectivity index (χ0v) is 7.67. The standard InChI is InChI=1S/C8H15O5/c1-4-5(3-9)13-8(12-2)7(11)6(4)10/h4-7,9-11H,3H2,1-2H3/t4-,5?,6?,7?/m1/s1. The molecule has 1 radical (unpaired) electrons. The van der Waals surface area contributed by atoms with Crippen molar-refractivity contribution in [3.05, 3.63) is 6.29 Å². The molecule has 0 spiro atoms. The summed E-state index contributed by atoms with van der Waals surface area (Å²) in [7, 11) is 1.34. The van der Waals surface area contributed by atoms with Gasteiger partial charge in [-0.05, 0) is 0 Å². The van der Waals surface area contributed by atoms with Crippen molar-refractivity contribution in [3.63, 3.8) is 0 Å². The average Bonchev–Trinajstić information content (AvgIpc) is 2.15. The summed E-state index contributed by atoms with van der Waals surface area (Å²) in [5, 5.41) is 27.8. The SMILES string of the molecule is CO[C]1OC(CO)[C@@H](C)C(O)C1O. The minimum atomic E-state index is -1.14. The largest absolute Gasteiger partial charge is 0.394 e. The summed E-state index contributed by atoms with van der Waals surface area (Å²) in [6.45, 7) is 1.49. The molecule has 0 aromatic heterocycles. The molecule has 0 bridgehead atoms. The highest BCUT2D eigenvalue weighted by molar-refractivity contribution is 4.94. The van der Waals surface area contributed by atoms with Crippen LogP contribution in [-0.4, -0.2) is 47.3 Å². The van der Waals surface area contributed by atoms with Crippen molar-refractivity contribution in [1.82, 2.24) is 0 Å². The minimum Gasteiger partial charge on any atom is -0.394 e. The first-order chi connectivity index (χ1) is 6.11. The van der Waals surface area contributed by atoms with Gasteiger partial charge in [0.15, 0.2) is 0 Å². The van der Waals surface area contributed by atoms with Crippen LogP contribution in [0.5, 0.6) is 0 Å². The maximum atomic E-state index is 9.51. The molecular weight excluding hydrogens is 176 g/mol. The first-order valence-electron chi connectivity index (χ1n) is 4.16. The van der Waals surface area contributed by atoms with Crippen molar-refractivity contribution >= 4 is 0 Å². The molecule has 0 amide bonds. The van der Waals surface area contributed by atoms with Crippen LogP contribution in [0, 0.1) is 12.2 Å². The molecule has 1 saturated heterocycles. The fourth-order valence-corrected chi connectivity index (χ4v) is 1.35. The second kappa shape index (κ2) is 4.34. The molecular formula is C8H15O5. The Bertz CT molecular complexity index is 143. The van der Waals surface area contributed by atoms with E-state index in [0.717, 1.165) is 0 Å². The van der Waals surface area contributed by atoms with E-state index in [1.807, 2.05) is 0 Å². The first-order valence-corrected chi connectivity index (χ1v) is 4.16. The summed E-state index contributed by atoms with van der Waals surface area (Å²) in [6, 6.07) is 0. The highest BCUT2D eigenvalue weighted by Crippen LogP contribution is 2.29. The van der Waals surface area contributed by atoms with Crippen LogP contribution < -0.4 is 0 Å². The molecule has 13 heavy (non-hydrogen) atoms. The van der Waals surface area contributed by atoms with Gasteiger partial charge in [0, 0.05) is 13.0 Å². The molecule has 3 N–H and O–H groups in total. The lowest BCUT2D eigenvalue weighted by molar-refractivity contribution is -0.215. The predicted molar refractivity (Wildman–Crippen MR) is 43.4 cm³/mol. The van der Waals surface area contributed by atoms with Gasteiger partial charge in [0.25, 0.3) is 6.29 Å². The summed E-state index contributed by atoms with van der Waals surface area (Å²) in [6.07, 6.45) is -2.65. The number of aliphatic hydroxyl groups is 3. The Kier molecular flexibility index (Phi) is 3.63. The van der Waals surface area contributed by atoms with Gasteiger partial charge >= 0.3 is 0 Å². The zero-order chi connectivity index (χ0) is 10.0. The van der Waals surface area contributed by atoms with Gasteiger partial charge in [-0.1, -0.05) is 6.92 Å². The molecule has 1 fully saturated rings. The van der Waals surface area contributed by atoms with Crippen LogP contribution in [0.25, 0.3) is 0 Å². The Balaban J connectivity index is 2.66. The monoisotopic (exact) mass is 191 g/mol. The van der Waals surface area contributed by atoms with E-state index in [-0.39, 0.29) is 18.8 Å². The number of methoxy groups -OCH3 is 1. The normalized spacial score (nSPS) is 42.2. The van der Waals surface area contributed by atoms with Gasteiger partial charge in [-0.25, -0.2) is 0 Å². The van der Waals surface area contributed by atoms with Crippen LogP contribution >= 0.6 is 0 Å². The van der Waals surface area contributed by atoms with Crippen molar-refractivity contribution in [3.8, 4) is 0 Å². The van der Waals surface area contributed by atoms with Crippen LogP contribution in [0.2, 0.25) is 0 Å². The third-order valence-electron chi connectivity index (χ3n) is 2.34. The lowest BCUT2D eigenvalue weighted by atomic mass is 9.91. The van der Waals surface area contributed by atoms with Gasteiger partial charge in [0.2, 0.25) is 0 Å². The summed E-state index contributed by atoms with van der Waals surface area (Å²) >= 11 is 0. The lowest BCUT2D eigenvalue weighted by Crippen LogP contribution is -2.51. The fourth-order valence-electron chi connectivity index (χ4n) is 1.35. The molecule has 5 heteroatoms. The van der Waals surface area contributed by atoms with Crippen molar-refractivity contribution < 1.29 is 24.8 Å². The maximum Gasteiger partial charge on any atom is 0.256 e. The third kappa shape index (κ3) is 2.00. The van der Waals surface area contributed by atoms with E-state index < -0.39 is 18.3 Å². The first kappa shape index (κ1) is 10.9. The summed E-state index contributed by atoms with van der Waals surface area (Å²) in [5.74, 6) is -0.320. The Morgan fingerprint density at radius 1 is 1.46 bits per heavy atom. The third-order valence-corrected chi connectivity index (χ3v) is 2.34. The smallest absolute Gasteiger partial charge is 0.256 e. The van der Waals surface area contributed by atoms with E-state index >= 15 is 0 Å². The van der Waals surface area contributed by atoms with Gasteiger partial charge in [-0.2, -0.15) is 0 Å². The molecule has 0 aliphatic carbocycles. The molecule has 0 aromatic rings. The topological polar surface area (TPSA) is 79.2 Å². The molecule has 1 heterocycles. The summed E-state index contributed by atoms with van der Waals surface area (Å²) < 4.78 is 9.84. The second-order valence-electron chi connectivity index (χ2n) is 3.16. The molecule has 1 rings (SSSR count). The average molecular weight is 191 g/mol. The maximum absolute atomic E-state index is 9.51. The van der Waals surface area contributed by atoms with Gasteiger partial charge in [-0.3, -0.25) is 0 Å². The Labute approximate surface area is 76.9 Å². The minimum absolute atomic E-state index is 0.0374. The Morgan fingerprint density at radius 2 is 2.08 bits per heavy atom. The van der Waals surface area contributed by atoms with Crippen LogP contribution in [0.1, 0.15) is 6.92 Å². The van der Waals surface area contributed by atoms with Crippen LogP contribution in [0.4, 0.5) is 0 Å². The zero-order valence-electron chi connectivity index (χ0n) is 7.67. The quantitative estimate of drug-likeness (QED) is 0.515. The lowest BCUT2D eigenvalue weighted by Gasteiger charge is -2.38. The molecule has 0 aromatic carbocycles. The van der Waals surface area contributed by atoms with Crippen molar-refractivity contribution in [1.29, 1.82) is 0 Å². The predicted octanol–water partition coefficient (Wildman–Crippen LogP) is -1.13. The van der Waals surface area contributed by atoms with E-state index in [0.29, 0.717) is 0 Å². The number of aliphatic hydroxyl groups excluding tert-OH is 3. The molecule has 0 saturated carbocycles. The highest BCUT2D eigenvalue weighted by Gasteiger charge is 2.43. The molecule has 4 atom stereocenters. The van der Waals surface area contributed by atoms with Crippen molar-refractivity contribution in [2.75, 3.05) is 13.7 Å². The number of hydrogen-bond donors (Lipinski definition) is 3. The number of ether oxygens (including phenoxy) is 2. The van der Waals surface area contributed by atoms with E-state index in [9.17, 15) is 10.2 Å². The molecule has 1 aliphatic rings. The van der Waals surface area contributed by atoms with Gasteiger partial charge < -0.3 is 24.8 Å². The molecule has 5 nitrogen and oxygen atoms in total. The number of rotatable bonds is 2. The van der Waals surface area contributed by atoms with Crippen LogP contribution in [0.3, 0.4) is 0 Å². The number of hydrogen-bond acceptors (Lipinski definition) is 5. The Hall–Kier alpha value is -0.200. The fraction of sp³-hybridized carbons (Fsp3) is 0.875. The molecule has 1 aliphatic heterocycles. The van der Waals surface area contributed by atoms with Gasteiger partial charge in [0.1, 0.15) is 6.10 Å². The molecule has 3 unspecified atom stereocenters. The van der Waals surface area contributed by atoms with Gasteiger partial charge in [0.05, 0.1) is 18.8 Å². The van der Waals surface area contributed by atoms with Crippen LogP contribution in [0.15, 0.2) is 0 Å².